The maximum absolute atomic E-state index is 12.6. The Morgan fingerprint density at radius 3 is 1.84 bits per heavy atom. The molecule has 0 aromatic rings. The Morgan fingerprint density at radius 1 is 0.633 bits per heavy atom. The summed E-state index contributed by atoms with van der Waals surface area (Å²) in [5.74, 6) is -2.45. The number of allylic oxidation sites excluding steroid dienone is 7. The first kappa shape index (κ1) is 45.8. The number of ether oxygens (including phenoxy) is 1. The van der Waals surface area contributed by atoms with E-state index in [0.29, 0.717) is 12.8 Å². The van der Waals surface area contributed by atoms with Gasteiger partial charge < -0.3 is 25.6 Å². The van der Waals surface area contributed by atoms with Gasteiger partial charge in [-0.25, -0.2) is 4.79 Å². The molecule has 0 radical (unpaired) electrons. The van der Waals surface area contributed by atoms with Gasteiger partial charge in [0.1, 0.15) is 12.1 Å². The van der Waals surface area contributed by atoms with Crippen LogP contribution in [0.25, 0.3) is 0 Å². The van der Waals surface area contributed by atoms with E-state index >= 15 is 0 Å². The van der Waals surface area contributed by atoms with Gasteiger partial charge in [-0.15, -0.1) is 0 Å². The van der Waals surface area contributed by atoms with Gasteiger partial charge in [-0.2, -0.15) is 0 Å². The number of esters is 1. The number of carboxylic acids is 1. The quantitative estimate of drug-likeness (QED) is 0.0308. The average Bonchev–Trinajstić information content (AvgIpc) is 3.08. The molecular formula is C40H68N2O7. The van der Waals surface area contributed by atoms with Gasteiger partial charge in [0.05, 0.1) is 13.2 Å². The Morgan fingerprint density at radius 2 is 1.20 bits per heavy atom. The summed E-state index contributed by atoms with van der Waals surface area (Å²) in [5, 5.41) is 22.4. The van der Waals surface area contributed by atoms with Crippen LogP contribution in [0.5, 0.6) is 0 Å². The lowest BCUT2D eigenvalue weighted by atomic mass is 10.1. The van der Waals surface area contributed by atoms with Gasteiger partial charge in [-0.05, 0) is 76.7 Å². The van der Waals surface area contributed by atoms with E-state index in [2.05, 4.69) is 67.0 Å². The molecule has 2 unspecified atom stereocenters. The summed E-state index contributed by atoms with van der Waals surface area (Å²) < 4.78 is 5.83. The normalized spacial score (nSPS) is 13.0. The van der Waals surface area contributed by atoms with Gasteiger partial charge in [-0.1, -0.05) is 114 Å². The topological polar surface area (TPSA) is 142 Å². The zero-order chi connectivity index (χ0) is 36.2. The number of carboxylic acid groups (broad SMARTS) is 1. The number of aliphatic hydroxyl groups is 1. The molecule has 0 bridgehead atoms. The molecule has 0 aliphatic rings. The Bertz CT molecular complexity index is 974. The molecule has 0 fully saturated rings. The van der Waals surface area contributed by atoms with E-state index in [0.717, 1.165) is 77.0 Å². The van der Waals surface area contributed by atoms with E-state index in [1.54, 1.807) is 0 Å². The Kier molecular flexibility index (Phi) is 32.4. The van der Waals surface area contributed by atoms with Gasteiger partial charge in [0.15, 0.2) is 0 Å². The molecule has 9 nitrogen and oxygen atoms in total. The SMILES string of the molecule is CCC/C=C\C/C=C\C(CCCCCCC(=O)NCC(=O)NC(CO)C(=O)O)OC(=O)CCCCCCC/C=C\C/C=C\CCCCCC. The number of aliphatic carboxylic acids is 1. The van der Waals surface area contributed by atoms with E-state index < -0.39 is 24.5 Å². The molecule has 0 saturated carbocycles. The second kappa shape index (κ2) is 34.7. The van der Waals surface area contributed by atoms with Crippen molar-refractivity contribution in [2.75, 3.05) is 13.2 Å². The van der Waals surface area contributed by atoms with E-state index in [1.807, 2.05) is 6.08 Å². The zero-order valence-corrected chi connectivity index (χ0v) is 30.7. The highest BCUT2D eigenvalue weighted by Gasteiger charge is 2.18. The molecule has 4 N–H and O–H groups in total. The highest BCUT2D eigenvalue weighted by atomic mass is 16.5. The summed E-state index contributed by atoms with van der Waals surface area (Å²) in [4.78, 5) is 47.3. The fourth-order valence-corrected chi connectivity index (χ4v) is 5.05. The molecule has 0 heterocycles. The minimum absolute atomic E-state index is 0.146. The van der Waals surface area contributed by atoms with Crippen LogP contribution >= 0.6 is 0 Å². The van der Waals surface area contributed by atoms with Crippen LogP contribution in [0, 0.1) is 0 Å². The number of amides is 2. The largest absolute Gasteiger partial charge is 0.480 e. The van der Waals surface area contributed by atoms with Crippen molar-refractivity contribution in [3.8, 4) is 0 Å². The van der Waals surface area contributed by atoms with Crippen molar-refractivity contribution in [2.24, 2.45) is 0 Å². The van der Waals surface area contributed by atoms with Gasteiger partial charge in [-0.3, -0.25) is 14.4 Å². The molecule has 0 aromatic heterocycles. The van der Waals surface area contributed by atoms with Crippen molar-refractivity contribution >= 4 is 23.8 Å². The van der Waals surface area contributed by atoms with Crippen LogP contribution in [0.3, 0.4) is 0 Å². The first-order valence-electron chi connectivity index (χ1n) is 19.0. The number of carbonyl (C=O) groups is 4. The number of rotatable bonds is 33. The predicted octanol–water partition coefficient (Wildman–Crippen LogP) is 8.42. The molecule has 2 amide bonds. The monoisotopic (exact) mass is 689 g/mol. The van der Waals surface area contributed by atoms with Crippen LogP contribution in [-0.2, 0) is 23.9 Å². The lowest BCUT2D eigenvalue weighted by molar-refractivity contribution is -0.147. The highest BCUT2D eigenvalue weighted by Crippen LogP contribution is 2.14. The minimum Gasteiger partial charge on any atom is -0.480 e. The second-order valence-electron chi connectivity index (χ2n) is 12.7. The molecule has 49 heavy (non-hydrogen) atoms. The lowest BCUT2D eigenvalue weighted by Gasteiger charge is -2.15. The van der Waals surface area contributed by atoms with E-state index in [1.165, 1.54) is 44.9 Å². The summed E-state index contributed by atoms with van der Waals surface area (Å²) in [7, 11) is 0. The Hall–Kier alpha value is -3.20. The number of carbonyl (C=O) groups excluding carboxylic acids is 3. The fourth-order valence-electron chi connectivity index (χ4n) is 5.05. The van der Waals surface area contributed by atoms with Crippen LogP contribution in [0.2, 0.25) is 0 Å². The van der Waals surface area contributed by atoms with E-state index in [9.17, 15) is 19.2 Å². The van der Waals surface area contributed by atoms with Crippen molar-refractivity contribution < 1.29 is 34.1 Å². The minimum atomic E-state index is -1.39. The van der Waals surface area contributed by atoms with E-state index in [4.69, 9.17) is 14.9 Å². The summed E-state index contributed by atoms with van der Waals surface area (Å²) in [6.45, 7) is 3.32. The van der Waals surface area contributed by atoms with Gasteiger partial charge in [0, 0.05) is 12.8 Å². The molecule has 0 aromatic carbocycles. The Labute approximate surface area is 297 Å². The number of hydrogen-bond acceptors (Lipinski definition) is 6. The van der Waals surface area contributed by atoms with Gasteiger partial charge in [0.2, 0.25) is 11.8 Å². The molecule has 0 saturated heterocycles. The maximum Gasteiger partial charge on any atom is 0.328 e. The second-order valence-corrected chi connectivity index (χ2v) is 12.7. The lowest BCUT2D eigenvalue weighted by Crippen LogP contribution is -2.47. The predicted molar refractivity (Wildman–Crippen MR) is 199 cm³/mol. The third-order valence-electron chi connectivity index (χ3n) is 8.01. The first-order chi connectivity index (χ1) is 23.8. The standard InChI is InChI=1S/C40H68N2O7/c1-3-5-7-9-11-12-13-14-15-16-17-18-19-20-22-28-32-39(46)49-35(29-25-21-10-8-6-4-2)30-26-23-24-27-31-37(44)41-33-38(45)42-36(34-43)40(47)48/h8,10,12-13,15-16,25,29,35-36,43H,3-7,9,11,14,17-24,26-28,30-34H2,1-2H3,(H,41,44)(H,42,45)(H,47,48)/b10-8-,13-12-,16-15-,29-25-. The van der Waals surface area contributed by atoms with Crippen molar-refractivity contribution in [1.29, 1.82) is 0 Å². The van der Waals surface area contributed by atoms with Crippen LogP contribution in [0.1, 0.15) is 155 Å². The molecule has 0 aliphatic heterocycles. The van der Waals surface area contributed by atoms with E-state index in [-0.39, 0.29) is 30.9 Å². The Balaban J connectivity index is 4.24. The van der Waals surface area contributed by atoms with Crippen LogP contribution in [0.15, 0.2) is 48.6 Å². The van der Waals surface area contributed by atoms with Crippen molar-refractivity contribution in [3.05, 3.63) is 48.6 Å². The number of aliphatic hydroxyl groups excluding tert-OH is 1. The molecule has 9 heteroatoms. The van der Waals surface area contributed by atoms with Crippen molar-refractivity contribution in [1.82, 2.24) is 10.6 Å². The third-order valence-corrected chi connectivity index (χ3v) is 8.01. The van der Waals surface area contributed by atoms with Crippen molar-refractivity contribution in [3.63, 3.8) is 0 Å². The molecule has 280 valence electrons. The molecule has 0 spiro atoms. The maximum atomic E-state index is 12.6. The highest BCUT2D eigenvalue weighted by molar-refractivity contribution is 5.87. The van der Waals surface area contributed by atoms with Crippen LogP contribution in [-0.4, -0.2) is 59.3 Å². The number of nitrogens with one attached hydrogen (secondary N) is 2. The fraction of sp³-hybridized carbons (Fsp3) is 0.700. The van der Waals surface area contributed by atoms with Crippen molar-refractivity contribution in [2.45, 2.75) is 167 Å². The molecular weight excluding hydrogens is 620 g/mol. The number of unbranched alkanes of at least 4 members (excludes halogenated alkanes) is 13. The smallest absolute Gasteiger partial charge is 0.328 e. The summed E-state index contributed by atoms with van der Waals surface area (Å²) in [6, 6.07) is -1.39. The number of hydrogen-bond donors (Lipinski definition) is 4. The molecule has 0 rings (SSSR count). The average molecular weight is 689 g/mol. The molecule has 2 atom stereocenters. The van der Waals surface area contributed by atoms with Crippen LogP contribution in [0.4, 0.5) is 0 Å². The molecule has 0 aliphatic carbocycles. The summed E-state index contributed by atoms with van der Waals surface area (Å²) >= 11 is 0. The van der Waals surface area contributed by atoms with Crippen LogP contribution < -0.4 is 10.6 Å². The zero-order valence-electron chi connectivity index (χ0n) is 30.7. The first-order valence-corrected chi connectivity index (χ1v) is 19.0. The summed E-state index contributed by atoms with van der Waals surface area (Å²) in [6.07, 6.45) is 38.8. The summed E-state index contributed by atoms with van der Waals surface area (Å²) in [5.41, 5.74) is 0. The van der Waals surface area contributed by atoms with Gasteiger partial charge >= 0.3 is 11.9 Å². The third kappa shape index (κ3) is 31.8. The van der Waals surface area contributed by atoms with Gasteiger partial charge in [0.25, 0.3) is 0 Å².